The quantitative estimate of drug-likeness (QED) is 0.435. The summed E-state index contributed by atoms with van der Waals surface area (Å²) < 4.78 is 8.09. The van der Waals surface area contributed by atoms with E-state index in [2.05, 4.69) is 46.1 Å². The van der Waals surface area contributed by atoms with E-state index < -0.39 is 0 Å². The lowest BCUT2D eigenvalue weighted by Crippen LogP contribution is -2.17. The van der Waals surface area contributed by atoms with Crippen LogP contribution in [0.15, 0.2) is 55.1 Å². The third-order valence-electron chi connectivity index (χ3n) is 4.23. The number of rotatable bonds is 9. The number of aromatic nitrogens is 2. The maximum Gasteiger partial charge on any atom is 0.142 e. The Bertz CT molecular complexity index is 852. The maximum absolute atomic E-state index is 6.39. The van der Waals surface area contributed by atoms with Gasteiger partial charge in [0.1, 0.15) is 12.4 Å². The molecule has 0 saturated heterocycles. The lowest BCUT2D eigenvalue weighted by molar-refractivity contribution is 0.302. The second-order valence-corrected chi connectivity index (χ2v) is 7.32. The minimum Gasteiger partial charge on any atom is -0.487 e. The summed E-state index contributed by atoms with van der Waals surface area (Å²) >= 11 is 12.6. The van der Waals surface area contributed by atoms with Crippen LogP contribution in [0.3, 0.4) is 0 Å². The van der Waals surface area contributed by atoms with E-state index in [0.717, 1.165) is 30.6 Å². The number of nitrogens with one attached hydrogen (secondary N) is 1. The van der Waals surface area contributed by atoms with Crippen LogP contribution in [0.4, 0.5) is 0 Å². The normalized spacial score (nSPS) is 10.5. The van der Waals surface area contributed by atoms with E-state index in [1.807, 2.05) is 18.6 Å². The number of nitrogens with zero attached hydrogens (tertiary/aromatic N) is 2. The standard InChI is InChI=1S/C21H23Cl2N3O.ClH/c1-16-3-5-17(6-4-16)14-27-21-18(11-19(22)12-20(21)23)13-24-7-2-9-26-10-8-25-15-26;/h3-6,8,10-12,15,24H,2,7,9,13-14H2,1H3;1H. The van der Waals surface area contributed by atoms with Gasteiger partial charge in [0.2, 0.25) is 0 Å². The van der Waals surface area contributed by atoms with Gasteiger partial charge in [0, 0.05) is 36.1 Å². The van der Waals surface area contributed by atoms with Crippen LogP contribution in [-0.4, -0.2) is 16.1 Å². The molecular weight excluding hydrogens is 417 g/mol. The zero-order valence-electron chi connectivity index (χ0n) is 15.7. The van der Waals surface area contributed by atoms with Crippen LogP contribution in [0.5, 0.6) is 5.75 Å². The first-order valence-corrected chi connectivity index (χ1v) is 9.70. The SMILES string of the molecule is Cc1ccc(COc2c(Cl)cc(Cl)cc2CNCCCn2ccnc2)cc1.Cl. The predicted molar refractivity (Wildman–Crippen MR) is 118 cm³/mol. The lowest BCUT2D eigenvalue weighted by atomic mass is 10.1. The summed E-state index contributed by atoms with van der Waals surface area (Å²) in [5.41, 5.74) is 3.29. The monoisotopic (exact) mass is 439 g/mol. The van der Waals surface area contributed by atoms with E-state index in [1.165, 1.54) is 5.56 Å². The molecule has 0 bridgehead atoms. The Labute approximate surface area is 182 Å². The van der Waals surface area contributed by atoms with Gasteiger partial charge in [-0.25, -0.2) is 4.98 Å². The van der Waals surface area contributed by atoms with Crippen molar-refractivity contribution in [1.29, 1.82) is 0 Å². The minimum atomic E-state index is 0. The third-order valence-corrected chi connectivity index (χ3v) is 4.73. The van der Waals surface area contributed by atoms with Crippen LogP contribution in [0.1, 0.15) is 23.1 Å². The maximum atomic E-state index is 6.39. The summed E-state index contributed by atoms with van der Waals surface area (Å²) in [7, 11) is 0. The van der Waals surface area contributed by atoms with Gasteiger partial charge >= 0.3 is 0 Å². The number of ether oxygens (including phenoxy) is 1. The molecule has 0 unspecified atom stereocenters. The molecule has 0 aliphatic rings. The van der Waals surface area contributed by atoms with E-state index in [1.54, 1.807) is 12.3 Å². The van der Waals surface area contributed by atoms with Crippen LogP contribution in [0.2, 0.25) is 10.0 Å². The molecule has 150 valence electrons. The summed E-state index contributed by atoms with van der Waals surface area (Å²) in [6, 6.07) is 11.9. The van der Waals surface area contributed by atoms with E-state index in [9.17, 15) is 0 Å². The molecule has 1 N–H and O–H groups in total. The largest absolute Gasteiger partial charge is 0.487 e. The van der Waals surface area contributed by atoms with Crippen molar-refractivity contribution in [3.8, 4) is 5.75 Å². The summed E-state index contributed by atoms with van der Waals surface area (Å²) in [4.78, 5) is 4.05. The second kappa shape index (κ2) is 11.3. The van der Waals surface area contributed by atoms with Gasteiger partial charge in [-0.05, 0) is 37.6 Å². The molecule has 28 heavy (non-hydrogen) atoms. The molecule has 7 heteroatoms. The molecule has 0 spiro atoms. The number of imidazole rings is 1. The highest BCUT2D eigenvalue weighted by atomic mass is 35.5. The van der Waals surface area contributed by atoms with Crippen molar-refractivity contribution in [2.75, 3.05) is 6.54 Å². The van der Waals surface area contributed by atoms with Gasteiger partial charge in [0.05, 0.1) is 11.3 Å². The van der Waals surface area contributed by atoms with Gasteiger partial charge in [-0.15, -0.1) is 12.4 Å². The van der Waals surface area contributed by atoms with Crippen molar-refractivity contribution >= 4 is 35.6 Å². The molecule has 2 aromatic carbocycles. The Morgan fingerprint density at radius 2 is 1.93 bits per heavy atom. The van der Waals surface area contributed by atoms with Gasteiger partial charge in [0.15, 0.2) is 0 Å². The summed E-state index contributed by atoms with van der Waals surface area (Å²) in [6.45, 7) is 4.99. The molecular formula is C21H24Cl3N3O. The summed E-state index contributed by atoms with van der Waals surface area (Å²) in [5, 5.41) is 4.58. The molecule has 0 radical (unpaired) electrons. The molecule has 3 aromatic rings. The topological polar surface area (TPSA) is 39.1 Å². The highest BCUT2D eigenvalue weighted by molar-refractivity contribution is 6.35. The molecule has 0 saturated carbocycles. The first kappa shape index (κ1) is 22.6. The van der Waals surface area contributed by atoms with Crippen LogP contribution >= 0.6 is 35.6 Å². The van der Waals surface area contributed by atoms with Gasteiger partial charge in [-0.3, -0.25) is 0 Å². The van der Waals surface area contributed by atoms with Gasteiger partial charge in [-0.2, -0.15) is 0 Å². The molecule has 4 nitrogen and oxygen atoms in total. The molecule has 0 aliphatic carbocycles. The smallest absolute Gasteiger partial charge is 0.142 e. The average molecular weight is 441 g/mol. The van der Waals surface area contributed by atoms with Gasteiger partial charge in [-0.1, -0.05) is 53.0 Å². The lowest BCUT2D eigenvalue weighted by Gasteiger charge is -2.15. The fourth-order valence-electron chi connectivity index (χ4n) is 2.78. The number of aryl methyl sites for hydroxylation is 2. The highest BCUT2D eigenvalue weighted by Crippen LogP contribution is 2.33. The van der Waals surface area contributed by atoms with Crippen LogP contribution in [-0.2, 0) is 19.7 Å². The average Bonchev–Trinajstić information content (AvgIpc) is 3.15. The van der Waals surface area contributed by atoms with Crippen molar-refractivity contribution in [1.82, 2.24) is 14.9 Å². The Balaban J connectivity index is 0.00000280. The minimum absolute atomic E-state index is 0. The van der Waals surface area contributed by atoms with Crippen molar-refractivity contribution in [2.24, 2.45) is 0 Å². The number of hydrogen-bond acceptors (Lipinski definition) is 3. The second-order valence-electron chi connectivity index (χ2n) is 6.48. The first-order valence-electron chi connectivity index (χ1n) is 8.94. The van der Waals surface area contributed by atoms with Crippen molar-refractivity contribution in [3.63, 3.8) is 0 Å². The highest BCUT2D eigenvalue weighted by Gasteiger charge is 2.11. The Morgan fingerprint density at radius 3 is 2.64 bits per heavy atom. The predicted octanol–water partition coefficient (Wildman–Crippen LogP) is 5.68. The molecule has 0 atom stereocenters. The first-order chi connectivity index (χ1) is 13.1. The molecule has 1 heterocycles. The summed E-state index contributed by atoms with van der Waals surface area (Å²) in [6.07, 6.45) is 6.59. The molecule has 0 amide bonds. The van der Waals surface area contributed by atoms with E-state index in [4.69, 9.17) is 27.9 Å². The van der Waals surface area contributed by atoms with Crippen molar-refractivity contribution < 1.29 is 4.74 Å². The number of benzene rings is 2. The van der Waals surface area contributed by atoms with Crippen LogP contribution < -0.4 is 10.1 Å². The van der Waals surface area contributed by atoms with Gasteiger partial charge in [0.25, 0.3) is 0 Å². The summed E-state index contributed by atoms with van der Waals surface area (Å²) in [5.74, 6) is 0.684. The van der Waals surface area contributed by atoms with Crippen molar-refractivity contribution in [2.45, 2.75) is 33.0 Å². The van der Waals surface area contributed by atoms with E-state index in [-0.39, 0.29) is 12.4 Å². The Morgan fingerprint density at radius 1 is 1.14 bits per heavy atom. The number of halogens is 3. The van der Waals surface area contributed by atoms with Crippen molar-refractivity contribution in [3.05, 3.63) is 81.9 Å². The molecule has 0 aliphatic heterocycles. The molecule has 1 aromatic heterocycles. The Kier molecular flexibility index (Phi) is 9.13. The molecule has 3 rings (SSSR count). The number of hydrogen-bond donors (Lipinski definition) is 1. The fourth-order valence-corrected chi connectivity index (χ4v) is 3.37. The van der Waals surface area contributed by atoms with E-state index >= 15 is 0 Å². The third kappa shape index (κ3) is 6.71. The van der Waals surface area contributed by atoms with Crippen LogP contribution in [0, 0.1) is 6.92 Å². The Hall–Kier alpha value is -1.72. The zero-order valence-corrected chi connectivity index (χ0v) is 18.0. The molecule has 0 fully saturated rings. The fraction of sp³-hybridized carbons (Fsp3) is 0.286. The van der Waals surface area contributed by atoms with Gasteiger partial charge < -0.3 is 14.6 Å². The zero-order chi connectivity index (χ0) is 19.1. The van der Waals surface area contributed by atoms with E-state index in [0.29, 0.717) is 28.9 Å². The van der Waals surface area contributed by atoms with Crippen LogP contribution in [0.25, 0.3) is 0 Å².